The van der Waals surface area contributed by atoms with Gasteiger partial charge < -0.3 is 0 Å². The van der Waals surface area contributed by atoms with Crippen molar-refractivity contribution in [2.24, 2.45) is 12.2 Å². The molecule has 0 aliphatic heterocycles. The summed E-state index contributed by atoms with van der Waals surface area (Å²) in [5.74, 6) is -2.03. The number of sulfonamides is 1. The number of hydrogen-bond donors (Lipinski definition) is 1. The quantitative estimate of drug-likeness (QED) is 0.541. The Morgan fingerprint density at radius 3 is 2.19 bits per heavy atom. The summed E-state index contributed by atoms with van der Waals surface area (Å²) in [7, 11) is -6.96. The van der Waals surface area contributed by atoms with Crippen LogP contribution in [0.4, 0.5) is 5.69 Å². The minimum absolute atomic E-state index is 0.0247. The molecule has 2 N–H and O–H groups in total. The van der Waals surface area contributed by atoms with Crippen LogP contribution in [0.1, 0.15) is 25.5 Å². The van der Waals surface area contributed by atoms with E-state index in [1.807, 2.05) is 0 Å². The van der Waals surface area contributed by atoms with Crippen LogP contribution in [0.2, 0.25) is 0 Å². The standard InChI is InChI=1S/C9H16N4O6S2/c1-6(2)7-8(13(14)15)9(12(3)11-7)20(16,17)4-5-21(10,18)19/h6H,4-5H2,1-3H3,(H2,10,18,19). The molecule has 1 aromatic heterocycles. The normalized spacial score (nSPS) is 12.8. The zero-order valence-corrected chi connectivity index (χ0v) is 13.3. The molecule has 0 spiro atoms. The van der Waals surface area contributed by atoms with Crippen LogP contribution in [0.5, 0.6) is 0 Å². The van der Waals surface area contributed by atoms with Gasteiger partial charge in [-0.15, -0.1) is 0 Å². The minimum Gasteiger partial charge on any atom is -0.258 e. The third-order valence-corrected chi connectivity index (χ3v) is 5.48. The second-order valence-electron chi connectivity index (χ2n) is 4.76. The molecule has 0 aliphatic carbocycles. The molecule has 1 heterocycles. The molecule has 10 nitrogen and oxygen atoms in total. The van der Waals surface area contributed by atoms with E-state index in [1.165, 1.54) is 7.05 Å². The maximum absolute atomic E-state index is 12.2. The van der Waals surface area contributed by atoms with Gasteiger partial charge in [-0.2, -0.15) is 5.10 Å². The van der Waals surface area contributed by atoms with Gasteiger partial charge in [0.05, 0.1) is 16.4 Å². The van der Waals surface area contributed by atoms with Crippen LogP contribution >= 0.6 is 0 Å². The Morgan fingerprint density at radius 1 is 1.29 bits per heavy atom. The monoisotopic (exact) mass is 340 g/mol. The fraction of sp³-hybridized carbons (Fsp3) is 0.667. The average Bonchev–Trinajstić information content (AvgIpc) is 2.64. The fourth-order valence-corrected chi connectivity index (χ4v) is 4.67. The lowest BCUT2D eigenvalue weighted by Crippen LogP contribution is -2.24. The van der Waals surface area contributed by atoms with E-state index in [2.05, 4.69) is 5.10 Å². The molecular formula is C9H16N4O6S2. The van der Waals surface area contributed by atoms with Crippen LogP contribution in [0.3, 0.4) is 0 Å². The number of nitrogens with zero attached hydrogens (tertiary/aromatic N) is 3. The van der Waals surface area contributed by atoms with Crippen molar-refractivity contribution in [3.8, 4) is 0 Å². The second-order valence-corrected chi connectivity index (χ2v) is 8.52. The van der Waals surface area contributed by atoms with Gasteiger partial charge in [-0.25, -0.2) is 22.0 Å². The number of rotatable bonds is 6. The van der Waals surface area contributed by atoms with E-state index in [0.717, 1.165) is 4.68 Å². The van der Waals surface area contributed by atoms with Gasteiger partial charge in [0.1, 0.15) is 5.69 Å². The van der Waals surface area contributed by atoms with E-state index >= 15 is 0 Å². The zero-order valence-electron chi connectivity index (χ0n) is 11.7. The highest BCUT2D eigenvalue weighted by Gasteiger charge is 2.36. The Kier molecular flexibility index (Phi) is 4.75. The van der Waals surface area contributed by atoms with Crippen molar-refractivity contribution >= 4 is 25.5 Å². The van der Waals surface area contributed by atoms with E-state index in [9.17, 15) is 26.9 Å². The first-order valence-electron chi connectivity index (χ1n) is 5.81. The van der Waals surface area contributed by atoms with Gasteiger partial charge in [-0.05, 0) is 0 Å². The largest absolute Gasteiger partial charge is 0.329 e. The van der Waals surface area contributed by atoms with Crippen LogP contribution in [-0.4, -0.2) is 43.0 Å². The van der Waals surface area contributed by atoms with Crippen molar-refractivity contribution in [1.82, 2.24) is 9.78 Å². The van der Waals surface area contributed by atoms with E-state index in [0.29, 0.717) is 0 Å². The third-order valence-electron chi connectivity index (χ3n) is 2.66. The summed E-state index contributed by atoms with van der Waals surface area (Å²) < 4.78 is 47.0. The molecular weight excluding hydrogens is 324 g/mol. The predicted molar refractivity (Wildman–Crippen MR) is 74.0 cm³/mol. The van der Waals surface area contributed by atoms with Gasteiger partial charge in [-0.3, -0.25) is 14.8 Å². The van der Waals surface area contributed by atoms with Gasteiger partial charge in [0.2, 0.25) is 24.9 Å². The van der Waals surface area contributed by atoms with Crippen molar-refractivity contribution < 1.29 is 21.8 Å². The maximum Gasteiger partial charge on any atom is 0.329 e. The highest BCUT2D eigenvalue weighted by Crippen LogP contribution is 2.32. The Balaban J connectivity index is 3.45. The number of nitrogens with two attached hydrogens (primary N) is 1. The lowest BCUT2D eigenvalue weighted by Gasteiger charge is -2.03. The van der Waals surface area contributed by atoms with E-state index in [1.54, 1.807) is 13.8 Å². The van der Waals surface area contributed by atoms with Gasteiger partial charge in [0.25, 0.3) is 0 Å². The molecule has 0 radical (unpaired) electrons. The molecule has 0 saturated heterocycles. The van der Waals surface area contributed by atoms with Crippen LogP contribution in [0, 0.1) is 10.1 Å². The SMILES string of the molecule is CC(C)c1nn(C)c(S(=O)(=O)CCS(N)(=O)=O)c1[N+](=O)[O-]. The third kappa shape index (κ3) is 3.98. The molecule has 120 valence electrons. The molecule has 0 atom stereocenters. The Bertz CT molecular complexity index is 762. The highest BCUT2D eigenvalue weighted by atomic mass is 32.2. The Morgan fingerprint density at radius 2 is 1.81 bits per heavy atom. The van der Waals surface area contributed by atoms with Crippen LogP contribution in [0.25, 0.3) is 0 Å². The number of primary sulfonamides is 1. The Hall–Kier alpha value is -1.53. The average molecular weight is 340 g/mol. The molecule has 0 aliphatic rings. The lowest BCUT2D eigenvalue weighted by molar-refractivity contribution is -0.388. The van der Waals surface area contributed by atoms with E-state index in [4.69, 9.17) is 5.14 Å². The van der Waals surface area contributed by atoms with E-state index in [-0.39, 0.29) is 11.6 Å². The summed E-state index contributed by atoms with van der Waals surface area (Å²) in [6, 6.07) is 0. The smallest absolute Gasteiger partial charge is 0.258 e. The molecule has 0 saturated carbocycles. The van der Waals surface area contributed by atoms with Crippen LogP contribution in [0.15, 0.2) is 5.03 Å². The molecule has 0 aromatic carbocycles. The highest BCUT2D eigenvalue weighted by molar-refractivity contribution is 7.94. The molecule has 0 bridgehead atoms. The van der Waals surface area contributed by atoms with Crippen molar-refractivity contribution in [2.45, 2.75) is 24.8 Å². The summed E-state index contributed by atoms with van der Waals surface area (Å²) in [5.41, 5.74) is -0.599. The maximum atomic E-state index is 12.2. The van der Waals surface area contributed by atoms with Crippen LogP contribution < -0.4 is 5.14 Å². The topological polar surface area (TPSA) is 155 Å². The number of nitro groups is 1. The summed E-state index contributed by atoms with van der Waals surface area (Å²) in [6.07, 6.45) is 0. The van der Waals surface area contributed by atoms with Gasteiger partial charge >= 0.3 is 5.69 Å². The number of sulfone groups is 1. The predicted octanol–water partition coefficient (Wildman–Crippen LogP) is -0.486. The van der Waals surface area contributed by atoms with Crippen molar-refractivity contribution in [2.75, 3.05) is 11.5 Å². The fourth-order valence-electron chi connectivity index (χ4n) is 1.75. The molecule has 1 rings (SSSR count). The second kappa shape index (κ2) is 5.69. The number of aromatic nitrogens is 2. The van der Waals surface area contributed by atoms with Crippen LogP contribution in [-0.2, 0) is 26.9 Å². The first-order chi connectivity index (χ1) is 9.37. The summed E-state index contributed by atoms with van der Waals surface area (Å²) in [4.78, 5) is 10.3. The molecule has 21 heavy (non-hydrogen) atoms. The zero-order chi connectivity index (χ0) is 16.6. The van der Waals surface area contributed by atoms with Gasteiger partial charge in [-0.1, -0.05) is 13.8 Å². The first kappa shape index (κ1) is 17.5. The summed E-state index contributed by atoms with van der Waals surface area (Å²) >= 11 is 0. The van der Waals surface area contributed by atoms with Crippen molar-refractivity contribution in [3.63, 3.8) is 0 Å². The van der Waals surface area contributed by atoms with E-state index < -0.39 is 47.0 Å². The molecule has 1 aromatic rings. The molecule has 0 unspecified atom stereocenters. The van der Waals surface area contributed by atoms with Gasteiger partial charge in [0, 0.05) is 13.0 Å². The number of aryl methyl sites for hydroxylation is 1. The lowest BCUT2D eigenvalue weighted by atomic mass is 10.1. The summed E-state index contributed by atoms with van der Waals surface area (Å²) in [6.45, 7) is 3.27. The van der Waals surface area contributed by atoms with Gasteiger partial charge in [0.15, 0.2) is 0 Å². The van der Waals surface area contributed by atoms with Crippen molar-refractivity contribution in [3.05, 3.63) is 15.8 Å². The molecule has 0 fully saturated rings. The first-order valence-corrected chi connectivity index (χ1v) is 9.18. The van der Waals surface area contributed by atoms with Crippen molar-refractivity contribution in [1.29, 1.82) is 0 Å². The minimum atomic E-state index is -4.21. The Labute approximate surface area is 122 Å². The molecule has 12 heteroatoms. The number of hydrogen-bond acceptors (Lipinski definition) is 7. The molecule has 0 amide bonds. The summed E-state index contributed by atoms with van der Waals surface area (Å²) in [5, 5.41) is 19.2.